The lowest BCUT2D eigenvalue weighted by Crippen LogP contribution is -2.56. The molecule has 3 N–H and O–H groups in total. The van der Waals surface area contributed by atoms with E-state index < -0.39 is 11.4 Å². The van der Waals surface area contributed by atoms with E-state index in [-0.39, 0.29) is 34.6 Å². The molecule has 0 bridgehead atoms. The van der Waals surface area contributed by atoms with Gasteiger partial charge in [-0.25, -0.2) is 9.18 Å². The van der Waals surface area contributed by atoms with Gasteiger partial charge in [0.25, 0.3) is 0 Å². The minimum atomic E-state index is -1.42. The number of hydrogen-bond acceptors (Lipinski definition) is 4. The van der Waals surface area contributed by atoms with Gasteiger partial charge in [-0.3, -0.25) is 0 Å². The Balaban J connectivity index is 1.74. The van der Waals surface area contributed by atoms with Crippen LogP contribution in [0.1, 0.15) is 83.1 Å². The maximum atomic E-state index is 15.2. The first-order valence-electron chi connectivity index (χ1n) is 14.2. The Labute approximate surface area is 227 Å². The molecule has 1 aromatic carbocycles. The fraction of sp³-hybridized carbons (Fsp3) is 0.759. The summed E-state index contributed by atoms with van der Waals surface area (Å²) in [6.07, 6.45) is 10.6. The zero-order chi connectivity index (χ0) is 26.8. The highest BCUT2D eigenvalue weighted by Gasteiger charge is 2.43. The van der Waals surface area contributed by atoms with Gasteiger partial charge in [0.1, 0.15) is 5.82 Å². The van der Waals surface area contributed by atoms with Crippen molar-refractivity contribution in [3.8, 4) is 0 Å². The van der Waals surface area contributed by atoms with E-state index >= 15 is 4.39 Å². The lowest BCUT2D eigenvalue weighted by Gasteiger charge is -2.43. The van der Waals surface area contributed by atoms with Crippen LogP contribution in [0.25, 0.3) is 0 Å². The number of unbranched alkanes of at least 4 members (excludes halogenated alkanes) is 1. The number of ether oxygens (including phenoxy) is 1. The SMILES string of the molecule is CNC(C)C(CC1CCCCC1)NC(=O)N1CCC[C@@H]([C@@](O)(CCCCOC)c2cccc(Cl)c2F)C1. The lowest BCUT2D eigenvalue weighted by molar-refractivity contribution is -0.0588. The van der Waals surface area contributed by atoms with Gasteiger partial charge in [0, 0.05) is 50.4 Å². The number of carbonyl (C=O) groups is 1. The number of aliphatic hydroxyl groups is 1. The van der Waals surface area contributed by atoms with Gasteiger partial charge in [0.2, 0.25) is 0 Å². The van der Waals surface area contributed by atoms with Crippen molar-refractivity contribution in [2.24, 2.45) is 11.8 Å². The third-order valence-corrected chi connectivity index (χ3v) is 8.93. The number of likely N-dealkylation sites (N-methyl/N-ethyl adjacent to an activating group) is 1. The number of piperidine rings is 1. The fourth-order valence-electron chi connectivity index (χ4n) is 6.21. The Kier molecular flexibility index (Phi) is 11.9. The molecular formula is C29H47ClFN3O3. The van der Waals surface area contributed by atoms with E-state index in [1.807, 2.05) is 11.9 Å². The van der Waals surface area contributed by atoms with E-state index in [2.05, 4.69) is 17.6 Å². The minimum Gasteiger partial charge on any atom is -0.385 e. The number of methoxy groups -OCH3 is 1. The molecule has 1 aliphatic carbocycles. The largest absolute Gasteiger partial charge is 0.385 e. The second kappa shape index (κ2) is 14.7. The number of nitrogens with zero attached hydrogens (tertiary/aromatic N) is 1. The summed E-state index contributed by atoms with van der Waals surface area (Å²) in [5, 5.41) is 18.7. The van der Waals surface area contributed by atoms with Crippen molar-refractivity contribution >= 4 is 17.6 Å². The molecular weight excluding hydrogens is 493 g/mol. The smallest absolute Gasteiger partial charge is 0.317 e. The van der Waals surface area contributed by atoms with Gasteiger partial charge in [-0.1, -0.05) is 55.8 Å². The van der Waals surface area contributed by atoms with Crippen molar-refractivity contribution in [2.45, 2.75) is 95.2 Å². The van der Waals surface area contributed by atoms with Crippen LogP contribution in [0, 0.1) is 17.7 Å². The molecule has 1 aromatic rings. The molecule has 1 saturated carbocycles. The quantitative estimate of drug-likeness (QED) is 0.291. The van der Waals surface area contributed by atoms with Crippen molar-refractivity contribution in [2.75, 3.05) is 33.9 Å². The summed E-state index contributed by atoms with van der Waals surface area (Å²) in [4.78, 5) is 15.3. The zero-order valence-electron chi connectivity index (χ0n) is 22.9. The molecule has 210 valence electrons. The highest BCUT2D eigenvalue weighted by molar-refractivity contribution is 6.30. The summed E-state index contributed by atoms with van der Waals surface area (Å²) in [5.41, 5.74) is -1.19. The zero-order valence-corrected chi connectivity index (χ0v) is 23.7. The highest BCUT2D eigenvalue weighted by Crippen LogP contribution is 2.42. The predicted molar refractivity (Wildman–Crippen MR) is 147 cm³/mol. The van der Waals surface area contributed by atoms with E-state index in [0.29, 0.717) is 38.5 Å². The van der Waals surface area contributed by atoms with E-state index in [4.69, 9.17) is 16.3 Å². The monoisotopic (exact) mass is 539 g/mol. The highest BCUT2D eigenvalue weighted by atomic mass is 35.5. The number of nitrogens with one attached hydrogen (secondary N) is 2. The Hall–Kier alpha value is -1.41. The molecule has 2 unspecified atom stereocenters. The third kappa shape index (κ3) is 8.04. The molecule has 0 aromatic heterocycles. The number of benzene rings is 1. The molecule has 2 aliphatic rings. The summed E-state index contributed by atoms with van der Waals surface area (Å²) in [7, 11) is 3.59. The molecule has 8 heteroatoms. The average molecular weight is 540 g/mol. The minimum absolute atomic E-state index is 0.00447. The molecule has 2 amide bonds. The molecule has 1 aliphatic heterocycles. The molecule has 37 heavy (non-hydrogen) atoms. The van der Waals surface area contributed by atoms with Crippen LogP contribution in [0.3, 0.4) is 0 Å². The summed E-state index contributed by atoms with van der Waals surface area (Å²) < 4.78 is 20.4. The summed E-state index contributed by atoms with van der Waals surface area (Å²) in [5.74, 6) is -0.219. The van der Waals surface area contributed by atoms with Gasteiger partial charge in [-0.15, -0.1) is 0 Å². The fourth-order valence-corrected chi connectivity index (χ4v) is 6.38. The summed E-state index contributed by atoms with van der Waals surface area (Å²) >= 11 is 6.12. The number of hydrogen-bond donors (Lipinski definition) is 3. The van der Waals surface area contributed by atoms with Crippen molar-refractivity contribution in [1.82, 2.24) is 15.5 Å². The van der Waals surface area contributed by atoms with Crippen molar-refractivity contribution in [3.63, 3.8) is 0 Å². The van der Waals surface area contributed by atoms with E-state index in [9.17, 15) is 9.90 Å². The summed E-state index contributed by atoms with van der Waals surface area (Å²) in [6, 6.07) is 4.92. The molecule has 1 saturated heterocycles. The van der Waals surface area contributed by atoms with Crippen LogP contribution >= 0.6 is 11.6 Å². The molecule has 3 rings (SSSR count). The number of amides is 2. The first kappa shape index (κ1) is 30.1. The Morgan fingerprint density at radius 3 is 2.70 bits per heavy atom. The Bertz CT molecular complexity index is 854. The van der Waals surface area contributed by atoms with Gasteiger partial charge in [-0.05, 0) is 64.5 Å². The lowest BCUT2D eigenvalue weighted by atomic mass is 9.74. The van der Waals surface area contributed by atoms with Crippen LogP contribution in [0.5, 0.6) is 0 Å². The number of carbonyl (C=O) groups excluding carboxylic acids is 1. The van der Waals surface area contributed by atoms with E-state index in [1.54, 1.807) is 19.2 Å². The molecule has 4 atom stereocenters. The second-order valence-corrected chi connectivity index (χ2v) is 11.5. The van der Waals surface area contributed by atoms with Crippen LogP contribution in [-0.2, 0) is 10.3 Å². The third-order valence-electron chi connectivity index (χ3n) is 8.64. The van der Waals surface area contributed by atoms with Gasteiger partial charge >= 0.3 is 6.03 Å². The maximum Gasteiger partial charge on any atom is 0.317 e. The summed E-state index contributed by atoms with van der Waals surface area (Å²) in [6.45, 7) is 3.71. The number of rotatable bonds is 12. The molecule has 2 fully saturated rings. The number of urea groups is 1. The maximum absolute atomic E-state index is 15.2. The van der Waals surface area contributed by atoms with Gasteiger partial charge < -0.3 is 25.4 Å². The number of halogens is 2. The predicted octanol–water partition coefficient (Wildman–Crippen LogP) is 5.85. The first-order valence-corrected chi connectivity index (χ1v) is 14.6. The van der Waals surface area contributed by atoms with E-state index in [1.165, 1.54) is 38.2 Å². The van der Waals surface area contributed by atoms with Crippen molar-refractivity contribution in [1.29, 1.82) is 0 Å². The number of likely N-dealkylation sites (tertiary alicyclic amines) is 1. The Morgan fingerprint density at radius 2 is 2.00 bits per heavy atom. The van der Waals surface area contributed by atoms with Gasteiger partial charge in [0.15, 0.2) is 0 Å². The molecule has 0 spiro atoms. The van der Waals surface area contributed by atoms with Crippen LogP contribution in [0.4, 0.5) is 9.18 Å². The van der Waals surface area contributed by atoms with Crippen LogP contribution < -0.4 is 10.6 Å². The molecule has 0 radical (unpaired) electrons. The standard InChI is InChI=1S/C29H47ClFN3O3/c1-21(32-2)26(19-22-11-5-4-6-12-22)33-28(35)34-17-10-13-23(20-34)29(36,16-7-8-18-37-3)24-14-9-15-25(30)27(24)31/h9,14-15,21-23,26,32,36H,4-8,10-13,16-20H2,1-3H3,(H,33,35)/t21?,23-,26?,29+/m1/s1. The average Bonchev–Trinajstić information content (AvgIpc) is 2.92. The Morgan fingerprint density at radius 1 is 1.24 bits per heavy atom. The second-order valence-electron chi connectivity index (χ2n) is 11.1. The van der Waals surface area contributed by atoms with Crippen molar-refractivity contribution in [3.05, 3.63) is 34.6 Å². The van der Waals surface area contributed by atoms with Crippen LogP contribution in [-0.4, -0.2) is 62.0 Å². The van der Waals surface area contributed by atoms with Gasteiger partial charge in [0.05, 0.1) is 10.6 Å². The first-order chi connectivity index (χ1) is 17.8. The van der Waals surface area contributed by atoms with Crippen LogP contribution in [0.2, 0.25) is 5.02 Å². The topological polar surface area (TPSA) is 73.8 Å². The molecule has 1 heterocycles. The normalized spacial score (nSPS) is 22.3. The van der Waals surface area contributed by atoms with Crippen molar-refractivity contribution < 1.29 is 19.0 Å². The van der Waals surface area contributed by atoms with Crippen LogP contribution in [0.15, 0.2) is 18.2 Å². The molecule has 6 nitrogen and oxygen atoms in total. The van der Waals surface area contributed by atoms with Gasteiger partial charge in [-0.2, -0.15) is 0 Å². The van der Waals surface area contributed by atoms with E-state index in [0.717, 1.165) is 25.7 Å².